The summed E-state index contributed by atoms with van der Waals surface area (Å²) in [5.74, 6) is 0.997. The lowest BCUT2D eigenvalue weighted by atomic mass is 9.95. The Kier molecular flexibility index (Phi) is 6.47. The summed E-state index contributed by atoms with van der Waals surface area (Å²) in [5, 5.41) is 3.14. The van der Waals surface area contributed by atoms with Crippen molar-refractivity contribution in [3.8, 4) is 0 Å². The van der Waals surface area contributed by atoms with Crippen LogP contribution in [-0.4, -0.2) is 55.3 Å². The quantitative estimate of drug-likeness (QED) is 0.818. The van der Waals surface area contributed by atoms with E-state index in [1.807, 2.05) is 12.4 Å². The molecule has 30 heavy (non-hydrogen) atoms. The number of aryl methyl sites for hydroxylation is 2. The molecule has 160 valence electrons. The van der Waals surface area contributed by atoms with E-state index in [1.54, 1.807) is 0 Å². The number of benzene rings is 1. The predicted octanol–water partition coefficient (Wildman–Crippen LogP) is 2.46. The number of hydrogen-bond acceptors (Lipinski definition) is 6. The lowest BCUT2D eigenvalue weighted by Crippen LogP contribution is -2.40. The average Bonchev–Trinajstić information content (AvgIpc) is 2.80. The highest BCUT2D eigenvalue weighted by Gasteiger charge is 2.25. The fourth-order valence-corrected chi connectivity index (χ4v) is 4.12. The maximum Gasteiger partial charge on any atom is 0.225 e. The molecular formula is C23H31N5O2. The summed E-state index contributed by atoms with van der Waals surface area (Å²) in [6, 6.07) is 6.37. The summed E-state index contributed by atoms with van der Waals surface area (Å²) in [6.45, 7) is 9.59. The van der Waals surface area contributed by atoms with Crippen LogP contribution < -0.4 is 15.1 Å². The van der Waals surface area contributed by atoms with Gasteiger partial charge in [0.1, 0.15) is 0 Å². The molecule has 1 aromatic carbocycles. The Labute approximate surface area is 178 Å². The highest BCUT2D eigenvalue weighted by atomic mass is 16.5. The number of hydrogen-bond donors (Lipinski definition) is 1. The molecule has 0 spiro atoms. The van der Waals surface area contributed by atoms with Gasteiger partial charge in [-0.2, -0.15) is 0 Å². The van der Waals surface area contributed by atoms with Crippen LogP contribution in [0.25, 0.3) is 0 Å². The molecule has 1 aromatic heterocycles. The molecule has 0 atom stereocenters. The molecule has 2 fully saturated rings. The molecule has 0 radical (unpaired) electrons. The number of ether oxygens (including phenoxy) is 1. The standard InChI is InChI=1S/C23H31N5O2/c1-17-3-4-18(2)20(13-17)14-24-22(29)19-5-7-27(8-6-19)21-15-25-23(26-16-21)28-9-11-30-12-10-28/h3-4,13,15-16,19H,5-12,14H2,1-2H3,(H,24,29). The molecule has 2 aliphatic heterocycles. The fraction of sp³-hybridized carbons (Fsp3) is 0.522. The average molecular weight is 410 g/mol. The van der Waals surface area contributed by atoms with Crippen LogP contribution in [-0.2, 0) is 16.1 Å². The Morgan fingerprint density at radius 1 is 1.07 bits per heavy atom. The number of carbonyl (C=O) groups excluding carboxylic acids is 1. The number of nitrogens with one attached hydrogen (secondary N) is 1. The van der Waals surface area contributed by atoms with Crippen LogP contribution in [0.3, 0.4) is 0 Å². The van der Waals surface area contributed by atoms with Gasteiger partial charge in [0.05, 0.1) is 31.3 Å². The molecule has 0 bridgehead atoms. The summed E-state index contributed by atoms with van der Waals surface area (Å²) >= 11 is 0. The van der Waals surface area contributed by atoms with Crippen LogP contribution >= 0.6 is 0 Å². The van der Waals surface area contributed by atoms with E-state index in [0.29, 0.717) is 6.54 Å². The molecule has 0 saturated carbocycles. The van der Waals surface area contributed by atoms with E-state index in [1.165, 1.54) is 16.7 Å². The zero-order valence-corrected chi connectivity index (χ0v) is 17.9. The first-order valence-electron chi connectivity index (χ1n) is 10.8. The van der Waals surface area contributed by atoms with Gasteiger partial charge in [0.25, 0.3) is 0 Å². The van der Waals surface area contributed by atoms with Gasteiger partial charge >= 0.3 is 0 Å². The van der Waals surface area contributed by atoms with Crippen LogP contribution in [0.15, 0.2) is 30.6 Å². The smallest absolute Gasteiger partial charge is 0.225 e. The maximum atomic E-state index is 12.7. The minimum Gasteiger partial charge on any atom is -0.378 e. The van der Waals surface area contributed by atoms with Crippen molar-refractivity contribution in [3.05, 3.63) is 47.3 Å². The first-order chi connectivity index (χ1) is 14.6. The Bertz CT molecular complexity index is 856. The van der Waals surface area contributed by atoms with Crippen LogP contribution in [0.5, 0.6) is 0 Å². The van der Waals surface area contributed by atoms with Crippen molar-refractivity contribution in [2.24, 2.45) is 5.92 Å². The van der Waals surface area contributed by atoms with E-state index in [0.717, 1.165) is 63.9 Å². The van der Waals surface area contributed by atoms with Crippen LogP contribution in [0.1, 0.15) is 29.5 Å². The normalized spacial score (nSPS) is 17.8. The van der Waals surface area contributed by atoms with Gasteiger partial charge in [0.15, 0.2) is 0 Å². The number of amides is 1. The second kappa shape index (κ2) is 9.43. The van der Waals surface area contributed by atoms with Crippen LogP contribution in [0.2, 0.25) is 0 Å². The largest absolute Gasteiger partial charge is 0.378 e. The SMILES string of the molecule is Cc1ccc(C)c(CNC(=O)C2CCN(c3cnc(N4CCOCC4)nc3)CC2)c1. The van der Waals surface area contributed by atoms with Gasteiger partial charge in [-0.3, -0.25) is 4.79 Å². The molecule has 0 aliphatic carbocycles. The third-order valence-corrected chi connectivity index (χ3v) is 6.11. The van der Waals surface area contributed by atoms with Crippen molar-refractivity contribution in [1.82, 2.24) is 15.3 Å². The first kappa shape index (κ1) is 20.6. The molecule has 1 amide bonds. The lowest BCUT2D eigenvalue weighted by Gasteiger charge is -2.33. The summed E-state index contributed by atoms with van der Waals surface area (Å²) in [4.78, 5) is 26.2. The minimum absolute atomic E-state index is 0.0694. The molecule has 0 unspecified atom stereocenters. The zero-order valence-electron chi connectivity index (χ0n) is 17.9. The Balaban J connectivity index is 1.27. The third kappa shape index (κ3) is 4.90. The van der Waals surface area contributed by atoms with Crippen LogP contribution in [0, 0.1) is 19.8 Å². The van der Waals surface area contributed by atoms with E-state index in [4.69, 9.17) is 4.74 Å². The van der Waals surface area contributed by atoms with Gasteiger partial charge in [-0.25, -0.2) is 9.97 Å². The summed E-state index contributed by atoms with van der Waals surface area (Å²) in [5.41, 5.74) is 4.66. The van der Waals surface area contributed by atoms with Crippen LogP contribution in [0.4, 0.5) is 11.6 Å². The van der Waals surface area contributed by atoms with Crippen molar-refractivity contribution in [1.29, 1.82) is 0 Å². The number of anilines is 2. The molecule has 7 nitrogen and oxygen atoms in total. The number of piperidine rings is 1. The predicted molar refractivity (Wildman–Crippen MR) is 118 cm³/mol. The summed E-state index contributed by atoms with van der Waals surface area (Å²) in [7, 11) is 0. The number of aromatic nitrogens is 2. The molecular weight excluding hydrogens is 378 g/mol. The fourth-order valence-electron chi connectivity index (χ4n) is 4.12. The van der Waals surface area contributed by atoms with Gasteiger partial charge < -0.3 is 19.9 Å². The second-order valence-electron chi connectivity index (χ2n) is 8.25. The topological polar surface area (TPSA) is 70.6 Å². The molecule has 3 heterocycles. The van der Waals surface area contributed by atoms with E-state index in [-0.39, 0.29) is 11.8 Å². The van der Waals surface area contributed by atoms with Crippen molar-refractivity contribution in [2.45, 2.75) is 33.2 Å². The Morgan fingerprint density at radius 2 is 1.77 bits per heavy atom. The highest BCUT2D eigenvalue weighted by Crippen LogP contribution is 2.23. The van der Waals surface area contributed by atoms with Crippen molar-refractivity contribution >= 4 is 17.5 Å². The first-order valence-corrected chi connectivity index (χ1v) is 10.8. The lowest BCUT2D eigenvalue weighted by molar-refractivity contribution is -0.125. The molecule has 2 aromatic rings. The molecule has 2 saturated heterocycles. The van der Waals surface area contributed by atoms with E-state index >= 15 is 0 Å². The third-order valence-electron chi connectivity index (χ3n) is 6.11. The zero-order chi connectivity index (χ0) is 20.9. The molecule has 4 rings (SSSR count). The Morgan fingerprint density at radius 3 is 2.47 bits per heavy atom. The molecule has 7 heteroatoms. The van der Waals surface area contributed by atoms with Gasteiger partial charge in [0, 0.05) is 38.6 Å². The van der Waals surface area contributed by atoms with Gasteiger partial charge in [-0.15, -0.1) is 0 Å². The number of rotatable bonds is 5. The van der Waals surface area contributed by atoms with E-state index < -0.39 is 0 Å². The maximum absolute atomic E-state index is 12.7. The number of morpholine rings is 1. The molecule has 2 aliphatic rings. The van der Waals surface area contributed by atoms with Crippen molar-refractivity contribution in [3.63, 3.8) is 0 Å². The Hall–Kier alpha value is -2.67. The summed E-state index contributed by atoms with van der Waals surface area (Å²) < 4.78 is 5.38. The summed E-state index contributed by atoms with van der Waals surface area (Å²) in [6.07, 6.45) is 5.51. The number of carbonyl (C=O) groups is 1. The highest BCUT2D eigenvalue weighted by molar-refractivity contribution is 5.79. The van der Waals surface area contributed by atoms with Crippen molar-refractivity contribution in [2.75, 3.05) is 49.2 Å². The van der Waals surface area contributed by atoms with Crippen molar-refractivity contribution < 1.29 is 9.53 Å². The van der Waals surface area contributed by atoms with Gasteiger partial charge in [-0.1, -0.05) is 23.8 Å². The van der Waals surface area contributed by atoms with Gasteiger partial charge in [-0.05, 0) is 37.8 Å². The van der Waals surface area contributed by atoms with E-state index in [2.05, 4.69) is 57.1 Å². The number of nitrogens with zero attached hydrogens (tertiary/aromatic N) is 4. The van der Waals surface area contributed by atoms with E-state index in [9.17, 15) is 4.79 Å². The molecule has 1 N–H and O–H groups in total. The second-order valence-corrected chi connectivity index (χ2v) is 8.25. The monoisotopic (exact) mass is 409 g/mol. The van der Waals surface area contributed by atoms with Gasteiger partial charge in [0.2, 0.25) is 11.9 Å². The minimum atomic E-state index is 0.0694.